The van der Waals surface area contributed by atoms with Crippen LogP contribution in [0.25, 0.3) is 97.9 Å². The molecular weight excluding hydrogens is 645 g/mol. The molecule has 0 spiro atoms. The third-order valence-electron chi connectivity index (χ3n) is 11.7. The summed E-state index contributed by atoms with van der Waals surface area (Å²) in [6.45, 7) is 0. The van der Waals surface area contributed by atoms with E-state index in [1.807, 2.05) is 0 Å². The van der Waals surface area contributed by atoms with Crippen molar-refractivity contribution in [2.75, 3.05) is 4.90 Å². The molecule has 4 nitrogen and oxygen atoms in total. The highest BCUT2D eigenvalue weighted by molar-refractivity contribution is 6.39. The number of para-hydroxylation sites is 4. The van der Waals surface area contributed by atoms with Crippen molar-refractivity contribution < 1.29 is 0 Å². The first-order valence-corrected chi connectivity index (χ1v) is 18.2. The highest BCUT2D eigenvalue weighted by Crippen LogP contribution is 2.50. The number of anilines is 3. The number of benzene rings is 8. The highest BCUT2D eigenvalue weighted by Gasteiger charge is 2.28. The molecule has 0 N–H and O–H groups in total. The van der Waals surface area contributed by atoms with E-state index in [2.05, 4.69) is 184 Å². The molecule has 8 aromatic carbocycles. The van der Waals surface area contributed by atoms with E-state index < -0.39 is 0 Å². The summed E-state index contributed by atoms with van der Waals surface area (Å²) in [6, 6.07) is 59.6. The number of nitrogens with zero attached hydrogens (tertiary/aromatic N) is 4. The molecule has 0 aliphatic heterocycles. The maximum Gasteiger partial charge on any atom is 0.146 e. The van der Waals surface area contributed by atoms with Gasteiger partial charge in [-0.15, -0.1) is 0 Å². The summed E-state index contributed by atoms with van der Waals surface area (Å²) >= 11 is 0. The third-order valence-corrected chi connectivity index (χ3v) is 11.7. The first kappa shape index (κ1) is 27.5. The first-order chi connectivity index (χ1) is 26.3. The summed E-state index contributed by atoms with van der Waals surface area (Å²) in [5.41, 5.74) is 10.4. The Morgan fingerprint density at radius 1 is 0.377 bits per heavy atom. The van der Waals surface area contributed by atoms with Crippen LogP contribution in [0.1, 0.15) is 0 Å². The van der Waals surface area contributed by atoms with Gasteiger partial charge in [0.1, 0.15) is 5.65 Å². The molecule has 0 saturated heterocycles. The lowest BCUT2D eigenvalue weighted by molar-refractivity contribution is 1.25. The minimum absolute atomic E-state index is 1.01. The van der Waals surface area contributed by atoms with Crippen LogP contribution >= 0.6 is 0 Å². The van der Waals surface area contributed by atoms with E-state index in [1.165, 1.54) is 86.7 Å². The zero-order chi connectivity index (χ0) is 34.4. The standard InChI is InChI=1S/C49H28N4/c1-3-15-31(16-4-1)51(32-17-5-2-6-18-32)40-24-12-22-36-35-21-11-23-37-43-41(52(46(35)37)47(36)40)28-50-49-44(43)39-27-30-14-8-9-19-33(30)42-38-26-25-29-13-7-10-20-34(29)45(38)53(49)48(39)42/h1-28H. The summed E-state index contributed by atoms with van der Waals surface area (Å²) < 4.78 is 4.96. The molecule has 0 unspecified atom stereocenters. The van der Waals surface area contributed by atoms with Gasteiger partial charge in [-0.1, -0.05) is 127 Å². The predicted molar refractivity (Wildman–Crippen MR) is 223 cm³/mol. The molecule has 0 amide bonds. The lowest BCUT2D eigenvalue weighted by Gasteiger charge is -2.26. The Morgan fingerprint density at radius 3 is 1.77 bits per heavy atom. The normalized spacial score (nSPS) is 12.5. The van der Waals surface area contributed by atoms with Crippen LogP contribution in [-0.2, 0) is 0 Å². The Balaban J connectivity index is 1.26. The van der Waals surface area contributed by atoms with Gasteiger partial charge >= 0.3 is 0 Å². The second-order valence-corrected chi connectivity index (χ2v) is 14.3. The van der Waals surface area contributed by atoms with Gasteiger partial charge in [-0.3, -0.25) is 4.40 Å². The minimum atomic E-state index is 1.01. The molecular formula is C49H28N4. The third kappa shape index (κ3) is 3.34. The van der Waals surface area contributed by atoms with Gasteiger partial charge in [0.2, 0.25) is 0 Å². The molecule has 13 rings (SSSR count). The van der Waals surface area contributed by atoms with Gasteiger partial charge in [-0.25, -0.2) is 4.98 Å². The van der Waals surface area contributed by atoms with Crippen LogP contribution in [0.4, 0.5) is 17.1 Å². The number of hydrogen-bond donors (Lipinski definition) is 0. The van der Waals surface area contributed by atoms with Crippen LogP contribution in [0, 0.1) is 0 Å². The van der Waals surface area contributed by atoms with Crippen molar-refractivity contribution in [2.24, 2.45) is 0 Å². The van der Waals surface area contributed by atoms with E-state index >= 15 is 0 Å². The van der Waals surface area contributed by atoms with Gasteiger partial charge in [0.25, 0.3) is 0 Å². The van der Waals surface area contributed by atoms with Crippen LogP contribution in [0.2, 0.25) is 0 Å². The van der Waals surface area contributed by atoms with E-state index in [0.717, 1.165) is 28.2 Å². The predicted octanol–water partition coefficient (Wildman–Crippen LogP) is 13.2. The molecule has 5 heterocycles. The SMILES string of the molecule is c1ccc(N(c2ccccc2)c2cccc3c4cccc5c6c7c8cc9ccccc9c9c%10ccc%11ccccc%11c%10n(c7ncc6n(c23)c45)c89)cc1. The fourth-order valence-electron chi connectivity index (χ4n) is 9.71. The van der Waals surface area contributed by atoms with Gasteiger partial charge in [0, 0.05) is 59.9 Å². The van der Waals surface area contributed by atoms with Crippen molar-refractivity contribution in [1.29, 1.82) is 0 Å². The molecule has 0 aliphatic rings. The van der Waals surface area contributed by atoms with Crippen LogP contribution in [0.5, 0.6) is 0 Å². The average Bonchev–Trinajstić information content (AvgIpc) is 3.95. The molecule has 53 heavy (non-hydrogen) atoms. The molecule has 0 saturated carbocycles. The van der Waals surface area contributed by atoms with Gasteiger partial charge in [0.05, 0.1) is 39.5 Å². The molecule has 0 aliphatic carbocycles. The summed E-state index contributed by atoms with van der Waals surface area (Å²) in [5, 5.41) is 15.1. The topological polar surface area (TPSA) is 24.9 Å². The number of aromatic nitrogens is 3. The zero-order valence-corrected chi connectivity index (χ0v) is 28.5. The van der Waals surface area contributed by atoms with Crippen molar-refractivity contribution in [1.82, 2.24) is 13.8 Å². The smallest absolute Gasteiger partial charge is 0.146 e. The van der Waals surface area contributed by atoms with Gasteiger partial charge in [0.15, 0.2) is 0 Å². The minimum Gasteiger partial charge on any atom is -0.308 e. The van der Waals surface area contributed by atoms with Crippen LogP contribution in [0.15, 0.2) is 170 Å². The quantitative estimate of drug-likeness (QED) is 0.187. The Labute approximate surface area is 302 Å². The first-order valence-electron chi connectivity index (χ1n) is 18.2. The van der Waals surface area contributed by atoms with Crippen molar-refractivity contribution >= 4 is 115 Å². The molecule has 5 aromatic heterocycles. The molecule has 13 aromatic rings. The van der Waals surface area contributed by atoms with E-state index in [4.69, 9.17) is 4.98 Å². The zero-order valence-electron chi connectivity index (χ0n) is 28.5. The van der Waals surface area contributed by atoms with Crippen molar-refractivity contribution in [3.63, 3.8) is 0 Å². The second kappa shape index (κ2) is 9.78. The Hall–Kier alpha value is -7.17. The second-order valence-electron chi connectivity index (χ2n) is 14.3. The number of fused-ring (bicyclic) bond motifs is 17. The van der Waals surface area contributed by atoms with E-state index in [0.29, 0.717) is 0 Å². The van der Waals surface area contributed by atoms with Crippen molar-refractivity contribution in [2.45, 2.75) is 0 Å². The largest absolute Gasteiger partial charge is 0.308 e. The molecule has 0 atom stereocenters. The molecule has 0 bridgehead atoms. The Bertz CT molecular complexity index is 3580. The van der Waals surface area contributed by atoms with Gasteiger partial charge in [-0.05, 0) is 52.6 Å². The maximum atomic E-state index is 5.47. The van der Waals surface area contributed by atoms with Crippen LogP contribution in [0.3, 0.4) is 0 Å². The molecule has 4 heteroatoms. The summed E-state index contributed by atoms with van der Waals surface area (Å²) in [6.07, 6.45) is 2.13. The van der Waals surface area contributed by atoms with Crippen molar-refractivity contribution in [3.05, 3.63) is 170 Å². The summed E-state index contributed by atoms with van der Waals surface area (Å²) in [5.74, 6) is 0. The number of pyridine rings is 1. The van der Waals surface area contributed by atoms with E-state index in [9.17, 15) is 0 Å². The fraction of sp³-hybridized carbons (Fsp3) is 0. The number of hydrogen-bond acceptors (Lipinski definition) is 2. The highest BCUT2D eigenvalue weighted by atomic mass is 15.2. The fourth-order valence-corrected chi connectivity index (χ4v) is 9.71. The van der Waals surface area contributed by atoms with Gasteiger partial charge < -0.3 is 9.30 Å². The maximum absolute atomic E-state index is 5.47. The van der Waals surface area contributed by atoms with Crippen molar-refractivity contribution in [3.8, 4) is 0 Å². The van der Waals surface area contributed by atoms with E-state index in [-0.39, 0.29) is 0 Å². The van der Waals surface area contributed by atoms with Gasteiger partial charge in [-0.2, -0.15) is 0 Å². The van der Waals surface area contributed by atoms with Crippen LogP contribution < -0.4 is 4.90 Å². The Morgan fingerprint density at radius 2 is 0.981 bits per heavy atom. The summed E-state index contributed by atoms with van der Waals surface area (Å²) in [7, 11) is 0. The molecule has 0 fully saturated rings. The lowest BCUT2D eigenvalue weighted by Crippen LogP contribution is -2.10. The summed E-state index contributed by atoms with van der Waals surface area (Å²) in [4.78, 5) is 7.85. The van der Waals surface area contributed by atoms with Crippen LogP contribution in [-0.4, -0.2) is 13.8 Å². The average molecular weight is 673 g/mol. The molecule has 0 radical (unpaired) electrons. The monoisotopic (exact) mass is 672 g/mol. The number of rotatable bonds is 3. The van der Waals surface area contributed by atoms with E-state index in [1.54, 1.807) is 0 Å². The Kier molecular flexibility index (Phi) is 5.08. The lowest BCUT2D eigenvalue weighted by atomic mass is 9.98. The molecule has 244 valence electrons.